The second kappa shape index (κ2) is 3.95. The number of halogens is 1. The normalized spacial score (nSPS) is 33.2. The van der Waals surface area contributed by atoms with E-state index in [2.05, 4.69) is 22.9 Å². The van der Waals surface area contributed by atoms with Gasteiger partial charge in [-0.15, -0.1) is 11.3 Å². The zero-order chi connectivity index (χ0) is 10.2. The number of aliphatic hydroxyl groups is 1. The average Bonchev–Trinajstić information content (AvgIpc) is 2.58. The SMILES string of the molecule is CC1CCC(O)(c2sccc2Br)CC1. The Morgan fingerprint density at radius 2 is 2.14 bits per heavy atom. The van der Waals surface area contributed by atoms with Gasteiger partial charge in [0.15, 0.2) is 0 Å². The lowest BCUT2D eigenvalue weighted by atomic mass is 9.79. The summed E-state index contributed by atoms with van der Waals surface area (Å²) in [5.41, 5.74) is -0.556. The van der Waals surface area contributed by atoms with Gasteiger partial charge < -0.3 is 5.11 Å². The fourth-order valence-corrected chi connectivity index (χ4v) is 3.99. The Morgan fingerprint density at radius 1 is 1.50 bits per heavy atom. The summed E-state index contributed by atoms with van der Waals surface area (Å²) in [6.07, 6.45) is 4.10. The lowest BCUT2D eigenvalue weighted by Gasteiger charge is -2.34. The standard InChI is InChI=1S/C11H15BrOS/c1-8-2-5-11(13,6-3-8)10-9(12)4-7-14-10/h4,7-8,13H,2-3,5-6H2,1H3. The van der Waals surface area contributed by atoms with Gasteiger partial charge in [0, 0.05) is 4.47 Å². The molecule has 1 heterocycles. The average molecular weight is 275 g/mol. The third kappa shape index (κ3) is 1.90. The van der Waals surface area contributed by atoms with Crippen LogP contribution in [-0.2, 0) is 5.60 Å². The zero-order valence-electron chi connectivity index (χ0n) is 8.29. The smallest absolute Gasteiger partial charge is 0.0999 e. The van der Waals surface area contributed by atoms with E-state index in [0.717, 1.165) is 41.0 Å². The molecule has 0 unspecified atom stereocenters. The molecule has 2 rings (SSSR count). The van der Waals surface area contributed by atoms with E-state index in [1.54, 1.807) is 11.3 Å². The summed E-state index contributed by atoms with van der Waals surface area (Å²) in [7, 11) is 0. The molecular weight excluding hydrogens is 260 g/mol. The molecule has 14 heavy (non-hydrogen) atoms. The van der Waals surface area contributed by atoms with Gasteiger partial charge in [0.25, 0.3) is 0 Å². The third-order valence-corrected chi connectivity index (χ3v) is 5.17. The summed E-state index contributed by atoms with van der Waals surface area (Å²) in [6.45, 7) is 2.27. The van der Waals surface area contributed by atoms with Crippen molar-refractivity contribution >= 4 is 27.3 Å². The van der Waals surface area contributed by atoms with Gasteiger partial charge in [-0.3, -0.25) is 0 Å². The Bertz CT molecular complexity index is 313. The van der Waals surface area contributed by atoms with Gasteiger partial charge in [-0.05, 0) is 59.0 Å². The lowest BCUT2D eigenvalue weighted by Crippen LogP contribution is -2.30. The molecule has 0 radical (unpaired) electrons. The minimum atomic E-state index is -0.556. The predicted octanol–water partition coefficient (Wildman–Crippen LogP) is 3.91. The molecule has 1 aliphatic carbocycles. The quantitative estimate of drug-likeness (QED) is 0.824. The first-order valence-electron chi connectivity index (χ1n) is 5.08. The highest BCUT2D eigenvalue weighted by molar-refractivity contribution is 9.10. The third-order valence-electron chi connectivity index (χ3n) is 3.14. The summed E-state index contributed by atoms with van der Waals surface area (Å²) in [5, 5.41) is 12.5. The van der Waals surface area contributed by atoms with Crippen LogP contribution >= 0.6 is 27.3 Å². The molecule has 0 amide bonds. The van der Waals surface area contributed by atoms with Crippen LogP contribution in [0.15, 0.2) is 15.9 Å². The van der Waals surface area contributed by atoms with E-state index in [9.17, 15) is 5.11 Å². The van der Waals surface area contributed by atoms with E-state index in [1.165, 1.54) is 0 Å². The predicted molar refractivity (Wildman–Crippen MR) is 63.5 cm³/mol. The Morgan fingerprint density at radius 3 is 2.64 bits per heavy atom. The molecule has 1 aliphatic rings. The van der Waals surface area contributed by atoms with Crippen molar-refractivity contribution in [2.45, 2.75) is 38.2 Å². The second-order valence-corrected chi connectivity index (χ2v) is 6.08. The summed E-state index contributed by atoms with van der Waals surface area (Å²) in [4.78, 5) is 1.12. The highest BCUT2D eigenvalue weighted by atomic mass is 79.9. The summed E-state index contributed by atoms with van der Waals surface area (Å²) in [6, 6.07) is 2.02. The van der Waals surface area contributed by atoms with Crippen LogP contribution in [0.5, 0.6) is 0 Å². The summed E-state index contributed by atoms with van der Waals surface area (Å²) in [5.74, 6) is 0.772. The van der Waals surface area contributed by atoms with Crippen molar-refractivity contribution in [1.29, 1.82) is 0 Å². The summed E-state index contributed by atoms with van der Waals surface area (Å²) < 4.78 is 1.07. The van der Waals surface area contributed by atoms with E-state index in [4.69, 9.17) is 0 Å². The molecule has 1 aromatic rings. The lowest BCUT2D eigenvalue weighted by molar-refractivity contribution is -0.00925. The van der Waals surface area contributed by atoms with E-state index in [1.807, 2.05) is 11.4 Å². The number of hydrogen-bond donors (Lipinski definition) is 1. The number of hydrogen-bond acceptors (Lipinski definition) is 2. The molecule has 0 aliphatic heterocycles. The molecule has 1 saturated carbocycles. The molecule has 0 aromatic carbocycles. The van der Waals surface area contributed by atoms with Crippen molar-refractivity contribution in [3.63, 3.8) is 0 Å². The first kappa shape index (κ1) is 10.7. The van der Waals surface area contributed by atoms with Crippen LogP contribution in [0.4, 0.5) is 0 Å². The van der Waals surface area contributed by atoms with Crippen molar-refractivity contribution in [3.05, 3.63) is 20.8 Å². The van der Waals surface area contributed by atoms with E-state index < -0.39 is 5.60 Å². The monoisotopic (exact) mass is 274 g/mol. The van der Waals surface area contributed by atoms with Gasteiger partial charge >= 0.3 is 0 Å². The molecule has 1 N–H and O–H groups in total. The van der Waals surface area contributed by atoms with Gasteiger partial charge in [-0.1, -0.05) is 6.92 Å². The van der Waals surface area contributed by atoms with E-state index >= 15 is 0 Å². The zero-order valence-corrected chi connectivity index (χ0v) is 10.7. The van der Waals surface area contributed by atoms with Crippen LogP contribution in [0.25, 0.3) is 0 Å². The number of thiophene rings is 1. The Hall–Kier alpha value is 0.140. The van der Waals surface area contributed by atoms with Crippen LogP contribution in [-0.4, -0.2) is 5.11 Å². The Balaban J connectivity index is 2.21. The largest absolute Gasteiger partial charge is 0.384 e. The minimum absolute atomic E-state index is 0.556. The minimum Gasteiger partial charge on any atom is -0.384 e. The van der Waals surface area contributed by atoms with Crippen molar-refractivity contribution in [2.75, 3.05) is 0 Å². The molecule has 0 saturated heterocycles. The number of rotatable bonds is 1. The topological polar surface area (TPSA) is 20.2 Å². The molecule has 0 bridgehead atoms. The van der Waals surface area contributed by atoms with Gasteiger partial charge in [-0.25, -0.2) is 0 Å². The molecule has 1 aromatic heterocycles. The maximum atomic E-state index is 10.5. The van der Waals surface area contributed by atoms with Crippen LogP contribution in [0.2, 0.25) is 0 Å². The first-order valence-corrected chi connectivity index (χ1v) is 6.75. The molecule has 1 fully saturated rings. The molecule has 1 nitrogen and oxygen atoms in total. The first-order chi connectivity index (χ1) is 6.62. The Labute approximate surface area is 97.3 Å². The van der Waals surface area contributed by atoms with E-state index in [0.29, 0.717) is 0 Å². The maximum absolute atomic E-state index is 10.5. The van der Waals surface area contributed by atoms with Crippen LogP contribution in [0.1, 0.15) is 37.5 Å². The van der Waals surface area contributed by atoms with E-state index in [-0.39, 0.29) is 0 Å². The van der Waals surface area contributed by atoms with Crippen LogP contribution in [0.3, 0.4) is 0 Å². The van der Waals surface area contributed by atoms with Gasteiger partial charge in [-0.2, -0.15) is 0 Å². The molecule has 78 valence electrons. The van der Waals surface area contributed by atoms with Crippen LogP contribution in [0, 0.1) is 5.92 Å². The van der Waals surface area contributed by atoms with Crippen molar-refractivity contribution < 1.29 is 5.11 Å². The molecular formula is C11H15BrOS. The van der Waals surface area contributed by atoms with Gasteiger partial charge in [0.1, 0.15) is 0 Å². The fraction of sp³-hybridized carbons (Fsp3) is 0.636. The summed E-state index contributed by atoms with van der Waals surface area (Å²) >= 11 is 5.16. The van der Waals surface area contributed by atoms with Crippen molar-refractivity contribution in [3.8, 4) is 0 Å². The van der Waals surface area contributed by atoms with Crippen molar-refractivity contribution in [1.82, 2.24) is 0 Å². The Kier molecular flexibility index (Phi) is 3.01. The van der Waals surface area contributed by atoms with Crippen molar-refractivity contribution in [2.24, 2.45) is 5.92 Å². The molecule has 0 spiro atoms. The highest BCUT2D eigenvalue weighted by Crippen LogP contribution is 2.44. The second-order valence-electron chi connectivity index (χ2n) is 4.31. The molecule has 3 heteroatoms. The fourth-order valence-electron chi connectivity index (χ4n) is 2.09. The van der Waals surface area contributed by atoms with Gasteiger partial charge in [0.2, 0.25) is 0 Å². The van der Waals surface area contributed by atoms with Crippen LogP contribution < -0.4 is 0 Å². The van der Waals surface area contributed by atoms with Gasteiger partial charge in [0.05, 0.1) is 10.5 Å². The molecule has 0 atom stereocenters. The maximum Gasteiger partial charge on any atom is 0.0999 e. The highest BCUT2D eigenvalue weighted by Gasteiger charge is 2.35.